The van der Waals surface area contributed by atoms with E-state index < -0.39 is 22.8 Å². The van der Waals surface area contributed by atoms with Crippen LogP contribution in [0.25, 0.3) is 21.8 Å². The van der Waals surface area contributed by atoms with Crippen molar-refractivity contribution in [1.82, 2.24) is 19.8 Å². The maximum Gasteiger partial charge on any atom is 0.323 e. The summed E-state index contributed by atoms with van der Waals surface area (Å²) < 4.78 is 59.1. The number of nitrogen functional groups attached to an aromatic ring is 2. The molecular formula is C72H68F2N6O12. The fourth-order valence-corrected chi connectivity index (χ4v) is 10.5. The summed E-state index contributed by atoms with van der Waals surface area (Å²) in [4.78, 5) is 62.1. The van der Waals surface area contributed by atoms with Crippen molar-refractivity contribution in [1.29, 1.82) is 0 Å². The molecule has 20 heteroatoms. The number of hydrogen-bond acceptors (Lipinski definition) is 16. The monoisotopic (exact) mass is 1250 g/mol. The van der Waals surface area contributed by atoms with Crippen LogP contribution in [0.1, 0.15) is 22.3 Å². The summed E-state index contributed by atoms with van der Waals surface area (Å²) in [5.74, 6) is 1.61. The molecule has 92 heavy (non-hydrogen) atoms. The Morgan fingerprint density at radius 3 is 1.14 bits per heavy atom. The maximum atomic E-state index is 13.9. The number of likely N-dealkylation sites (tertiary alicyclic amines) is 2. The van der Waals surface area contributed by atoms with Crippen molar-refractivity contribution < 1.29 is 66.6 Å². The summed E-state index contributed by atoms with van der Waals surface area (Å²) in [6, 6.07) is 56.6. The van der Waals surface area contributed by atoms with Crippen LogP contribution in [0.5, 0.6) is 46.0 Å². The zero-order valence-corrected chi connectivity index (χ0v) is 51.0. The molecule has 0 unspecified atom stereocenters. The number of aromatic nitrogens is 2. The van der Waals surface area contributed by atoms with Gasteiger partial charge in [-0.15, -0.1) is 0 Å². The van der Waals surface area contributed by atoms with Gasteiger partial charge in [0.25, 0.3) is 0 Å². The predicted octanol–water partition coefficient (Wildman–Crippen LogP) is 12.3. The molecule has 12 rings (SSSR count). The number of carboxylic acids is 2. The van der Waals surface area contributed by atoms with Gasteiger partial charge in [-0.25, -0.2) is 8.78 Å². The molecular weight excluding hydrogens is 1180 g/mol. The highest BCUT2D eigenvalue weighted by Gasteiger charge is 2.56. The maximum absolute atomic E-state index is 13.9. The topological polar surface area (TPSA) is 248 Å². The van der Waals surface area contributed by atoms with Crippen LogP contribution in [0.3, 0.4) is 0 Å². The number of ketones is 2. The van der Waals surface area contributed by atoms with Crippen LogP contribution in [0, 0.1) is 22.5 Å². The molecule has 10 aromatic rings. The molecule has 18 nitrogen and oxygen atoms in total. The molecule has 2 aliphatic heterocycles. The number of ether oxygens (including phenoxy) is 6. The first-order valence-electron chi connectivity index (χ1n) is 29.0. The minimum absolute atomic E-state index is 0.0621. The number of Topliss-reactive ketones (excluding diaryl/α,β-unsaturated/α-hetero) is 2. The van der Waals surface area contributed by atoms with Gasteiger partial charge in [-0.3, -0.25) is 38.9 Å². The Labute approximate surface area is 530 Å². The number of nitrogens with two attached hydrogens (primary N) is 2. The molecule has 2 saturated heterocycles. The Morgan fingerprint density at radius 2 is 0.772 bits per heavy atom. The number of fused-ring (bicyclic) bond motifs is 2. The molecule has 6 N–H and O–H groups in total. The third kappa shape index (κ3) is 16.1. The Balaban J connectivity index is 0.000000174. The average molecular weight is 1250 g/mol. The van der Waals surface area contributed by atoms with Gasteiger partial charge in [0.1, 0.15) is 40.0 Å². The quantitative estimate of drug-likeness (QED) is 0.0409. The fraction of sp³-hybridized carbons (Fsp3) is 0.194. The van der Waals surface area contributed by atoms with Gasteiger partial charge in [0.2, 0.25) is 0 Å². The van der Waals surface area contributed by atoms with Crippen LogP contribution in [0.4, 0.5) is 20.2 Å². The smallest absolute Gasteiger partial charge is 0.323 e. The average Bonchev–Trinajstić information content (AvgIpc) is 0.869. The summed E-state index contributed by atoms with van der Waals surface area (Å²) in [6.07, 6.45) is 3.55. The minimum Gasteiger partial charge on any atom is -0.493 e. The molecule has 0 amide bonds. The second-order valence-corrected chi connectivity index (χ2v) is 21.9. The molecule has 0 radical (unpaired) electrons. The highest BCUT2D eigenvalue weighted by molar-refractivity contribution is 6.10. The van der Waals surface area contributed by atoms with Crippen molar-refractivity contribution in [3.8, 4) is 46.0 Å². The number of carbonyl (C=O) groups is 4. The van der Waals surface area contributed by atoms with Crippen LogP contribution in [0.2, 0.25) is 0 Å². The van der Waals surface area contributed by atoms with Crippen molar-refractivity contribution >= 4 is 56.7 Å². The third-order valence-corrected chi connectivity index (χ3v) is 15.5. The van der Waals surface area contributed by atoms with Crippen molar-refractivity contribution in [3.63, 3.8) is 0 Å². The van der Waals surface area contributed by atoms with E-state index in [1.165, 1.54) is 36.4 Å². The molecule has 0 spiro atoms. The van der Waals surface area contributed by atoms with E-state index in [9.17, 15) is 28.0 Å². The molecule has 0 bridgehead atoms. The van der Waals surface area contributed by atoms with Crippen molar-refractivity contribution in [2.45, 2.75) is 25.9 Å². The molecule has 0 atom stereocenters. The van der Waals surface area contributed by atoms with E-state index in [4.69, 9.17) is 50.1 Å². The number of benzene rings is 8. The lowest BCUT2D eigenvalue weighted by Gasteiger charge is -2.48. The molecule has 2 aliphatic rings. The lowest BCUT2D eigenvalue weighted by Crippen LogP contribution is -2.64. The normalized spacial score (nSPS) is 13.5. The van der Waals surface area contributed by atoms with E-state index in [2.05, 4.69) is 14.9 Å². The van der Waals surface area contributed by atoms with E-state index in [0.29, 0.717) is 94.6 Å². The van der Waals surface area contributed by atoms with Crippen LogP contribution in [-0.2, 0) is 45.1 Å². The standard InChI is InChI=1S/C37H33FN2O5.C17H16N2O3.C12H13NO4.C6H6FN/c1-43-33-20-30-31(21-34(33)44-2)39-17-16-32(30)45-29-14-10-26(11-15-29)19-36(42)37(35(41)18-25-8-12-28(38)13-9-25)23-40(24-37)22-27-6-4-3-5-7-27;1-20-16-9-13-14(10-17(16)21-2)19-8-7-15(13)22-12-5-3-11(18)4-6-12;14-10(15)12(11(16)17)7-13(8-12)6-9-4-2-1-3-5-9;7-5-1-3-6(8)4-2-5/h3-17,20-21H,18-19,22-24H2,1-2H3;3-10H,18H2,1-2H3;1-5H,6-8H2,(H,14,15)(H,16,17);1-4H,8H2. The van der Waals surface area contributed by atoms with Crippen LogP contribution < -0.4 is 39.9 Å². The molecule has 4 heterocycles. The second-order valence-electron chi connectivity index (χ2n) is 21.9. The van der Waals surface area contributed by atoms with Crippen molar-refractivity contribution in [2.24, 2.45) is 10.8 Å². The number of carbonyl (C=O) groups excluding carboxylic acids is 2. The highest BCUT2D eigenvalue weighted by Crippen LogP contribution is 2.40. The SMILES string of the molecule is COc1cc2nccc(Oc3ccc(CC(=O)C4(C(=O)Cc5ccc(F)cc5)CN(Cc5ccccc5)C4)cc3)c2cc1OC.COc1cc2nccc(Oc3ccc(N)cc3)c2cc1OC.Nc1ccc(F)cc1.O=C(O)C1(C(=O)O)CN(Cc2ccccc2)C1. The Kier molecular flexibility index (Phi) is 21.4. The molecule has 2 fully saturated rings. The van der Waals surface area contributed by atoms with Crippen molar-refractivity contribution in [2.75, 3.05) is 66.1 Å². The van der Waals surface area contributed by atoms with Crippen LogP contribution in [0.15, 0.2) is 207 Å². The molecule has 472 valence electrons. The van der Waals surface area contributed by atoms with E-state index in [0.717, 1.165) is 33.0 Å². The fourth-order valence-electron chi connectivity index (χ4n) is 10.5. The second kappa shape index (κ2) is 30.0. The first kappa shape index (κ1) is 65.5. The number of rotatable bonds is 20. The number of carboxylic acid groups (broad SMARTS) is 2. The highest BCUT2D eigenvalue weighted by atomic mass is 19.1. The Morgan fingerprint density at radius 1 is 0.435 bits per heavy atom. The van der Waals surface area contributed by atoms with Gasteiger partial charge < -0.3 is 50.1 Å². The summed E-state index contributed by atoms with van der Waals surface area (Å²) >= 11 is 0. The first-order valence-corrected chi connectivity index (χ1v) is 29.0. The van der Waals surface area contributed by atoms with E-state index in [1.807, 2.05) is 126 Å². The van der Waals surface area contributed by atoms with Gasteiger partial charge in [-0.1, -0.05) is 84.9 Å². The van der Waals surface area contributed by atoms with E-state index in [-0.39, 0.29) is 49.1 Å². The lowest BCUT2D eigenvalue weighted by atomic mass is 9.69. The Bertz CT molecular complexity index is 4120. The Hall–Kier alpha value is -11.0. The van der Waals surface area contributed by atoms with E-state index >= 15 is 0 Å². The number of nitrogens with zero attached hydrogens (tertiary/aromatic N) is 4. The van der Waals surface area contributed by atoms with Crippen LogP contribution >= 0.6 is 0 Å². The molecule has 2 aromatic heterocycles. The summed E-state index contributed by atoms with van der Waals surface area (Å²) in [5.41, 5.74) is 14.6. The van der Waals surface area contributed by atoms with E-state index in [1.54, 1.807) is 77.2 Å². The van der Waals surface area contributed by atoms with Gasteiger partial charge in [0, 0.05) is 98.8 Å². The van der Waals surface area contributed by atoms with Gasteiger partial charge in [0.15, 0.2) is 40.0 Å². The number of aliphatic carboxylic acids is 2. The first-order chi connectivity index (χ1) is 44.4. The lowest BCUT2D eigenvalue weighted by molar-refractivity contribution is -0.178. The minimum atomic E-state index is -1.62. The van der Waals surface area contributed by atoms with Gasteiger partial charge in [-0.05, 0) is 119 Å². The van der Waals surface area contributed by atoms with Gasteiger partial charge >= 0.3 is 11.9 Å². The zero-order valence-electron chi connectivity index (χ0n) is 51.0. The number of anilines is 2. The van der Waals surface area contributed by atoms with Crippen LogP contribution in [-0.4, -0.2) is 108 Å². The number of pyridine rings is 2. The molecule has 0 aliphatic carbocycles. The number of methoxy groups -OCH3 is 4. The predicted molar refractivity (Wildman–Crippen MR) is 345 cm³/mol. The number of hydrogen-bond donors (Lipinski definition) is 4. The summed E-state index contributed by atoms with van der Waals surface area (Å²) in [5, 5.41) is 19.5. The zero-order chi connectivity index (χ0) is 65.4. The largest absolute Gasteiger partial charge is 0.493 e. The van der Waals surface area contributed by atoms with Gasteiger partial charge in [-0.2, -0.15) is 0 Å². The number of halogens is 2. The molecule has 8 aromatic carbocycles. The van der Waals surface area contributed by atoms with Gasteiger partial charge in [0.05, 0.1) is 39.5 Å². The summed E-state index contributed by atoms with van der Waals surface area (Å²) in [7, 11) is 6.34. The van der Waals surface area contributed by atoms with Crippen molar-refractivity contribution in [3.05, 3.63) is 240 Å². The summed E-state index contributed by atoms with van der Waals surface area (Å²) in [6.45, 7) is 2.08. The third-order valence-electron chi connectivity index (χ3n) is 15.5. The molecule has 0 saturated carbocycles.